The van der Waals surface area contributed by atoms with Gasteiger partial charge in [0.05, 0.1) is 11.1 Å². The summed E-state index contributed by atoms with van der Waals surface area (Å²) in [4.78, 5) is 25.7. The average Bonchev–Trinajstić information content (AvgIpc) is 2.49. The van der Waals surface area contributed by atoms with Crippen molar-refractivity contribution in [2.45, 2.75) is 0 Å². The molecule has 0 atom stereocenters. The Hall–Kier alpha value is -2.80. The summed E-state index contributed by atoms with van der Waals surface area (Å²) in [5.74, 6) is -0.477. The number of amides is 1. The summed E-state index contributed by atoms with van der Waals surface area (Å²) in [5, 5.41) is 14.5. The van der Waals surface area contributed by atoms with Crippen molar-refractivity contribution >= 4 is 29.4 Å². The van der Waals surface area contributed by atoms with Gasteiger partial charge in [0.2, 0.25) is 0 Å². The quantitative estimate of drug-likeness (QED) is 0.533. The van der Waals surface area contributed by atoms with Gasteiger partial charge in [0.15, 0.2) is 0 Å². The number of benzene rings is 1. The van der Waals surface area contributed by atoms with Crippen LogP contribution in [0.25, 0.3) is 0 Å². The minimum atomic E-state index is -0.591. The maximum absolute atomic E-state index is 11.6. The molecule has 0 saturated heterocycles. The molecule has 2 aromatic rings. The van der Waals surface area contributed by atoms with Crippen LogP contribution in [0.5, 0.6) is 0 Å². The van der Waals surface area contributed by atoms with E-state index in [4.69, 9.17) is 11.6 Å². The first-order chi connectivity index (χ1) is 10.1. The molecule has 1 amide bonds. The second-order valence-corrected chi connectivity index (χ2v) is 4.29. The molecule has 0 saturated carbocycles. The van der Waals surface area contributed by atoms with Crippen LogP contribution >= 0.6 is 11.6 Å². The third-order valence-electron chi connectivity index (χ3n) is 2.44. The highest BCUT2D eigenvalue weighted by Crippen LogP contribution is 2.24. The van der Waals surface area contributed by atoms with Crippen LogP contribution in [0.4, 0.5) is 5.69 Å². The van der Waals surface area contributed by atoms with Crippen molar-refractivity contribution in [2.75, 3.05) is 0 Å². The lowest BCUT2D eigenvalue weighted by Crippen LogP contribution is -2.18. The molecule has 1 heterocycles. The van der Waals surface area contributed by atoms with Gasteiger partial charge in [-0.1, -0.05) is 23.7 Å². The van der Waals surface area contributed by atoms with Crippen molar-refractivity contribution in [1.82, 2.24) is 10.4 Å². The Morgan fingerprint density at radius 1 is 1.38 bits per heavy atom. The summed E-state index contributed by atoms with van der Waals surface area (Å²) in [6.07, 6.45) is 2.77. The normalized spacial score (nSPS) is 10.5. The fourth-order valence-electron chi connectivity index (χ4n) is 1.47. The molecule has 0 aliphatic heterocycles. The van der Waals surface area contributed by atoms with E-state index in [2.05, 4.69) is 15.5 Å². The van der Waals surface area contributed by atoms with Crippen LogP contribution in [0, 0.1) is 10.1 Å². The predicted octanol–water partition coefficient (Wildman–Crippen LogP) is 2.41. The highest BCUT2D eigenvalue weighted by molar-refractivity contribution is 6.32. The van der Waals surface area contributed by atoms with Crippen molar-refractivity contribution in [3.05, 3.63) is 69.0 Å². The van der Waals surface area contributed by atoms with Gasteiger partial charge in [0.1, 0.15) is 10.7 Å². The third-order valence-corrected chi connectivity index (χ3v) is 2.76. The number of carbonyl (C=O) groups is 1. The van der Waals surface area contributed by atoms with Crippen LogP contribution in [0.15, 0.2) is 47.7 Å². The van der Waals surface area contributed by atoms with Crippen molar-refractivity contribution in [3.8, 4) is 0 Å². The topological polar surface area (TPSA) is 97.5 Å². The fraction of sp³-hybridized carbons (Fsp3) is 0. The number of halogens is 1. The van der Waals surface area contributed by atoms with Crippen LogP contribution in [-0.2, 0) is 0 Å². The molecule has 7 nitrogen and oxygen atoms in total. The molecule has 8 heteroatoms. The molecule has 0 spiro atoms. The largest absolute Gasteiger partial charge is 0.289 e. The predicted molar refractivity (Wildman–Crippen MR) is 77.4 cm³/mol. The number of carbonyl (C=O) groups excluding carboxylic acids is 1. The molecule has 106 valence electrons. The smallest absolute Gasteiger partial charge is 0.266 e. The Balaban J connectivity index is 2.07. The number of aromatic nitrogens is 1. The number of nitro benzene ring substituents is 1. The molecular weight excluding hydrogens is 296 g/mol. The lowest BCUT2D eigenvalue weighted by Gasteiger charge is -1.99. The van der Waals surface area contributed by atoms with E-state index >= 15 is 0 Å². The monoisotopic (exact) mass is 304 g/mol. The van der Waals surface area contributed by atoms with E-state index in [0.717, 1.165) is 0 Å². The molecule has 0 aliphatic carbocycles. The van der Waals surface area contributed by atoms with Gasteiger partial charge in [-0.3, -0.25) is 19.9 Å². The first-order valence-electron chi connectivity index (χ1n) is 5.76. The maximum Gasteiger partial charge on any atom is 0.289 e. The van der Waals surface area contributed by atoms with Crippen molar-refractivity contribution in [3.63, 3.8) is 0 Å². The zero-order chi connectivity index (χ0) is 15.2. The minimum absolute atomic E-state index is 0.0367. The van der Waals surface area contributed by atoms with Crippen LogP contribution in [0.1, 0.15) is 16.1 Å². The van der Waals surface area contributed by atoms with E-state index < -0.39 is 10.8 Å². The number of nitrogens with zero attached hydrogens (tertiary/aromatic N) is 3. The summed E-state index contributed by atoms with van der Waals surface area (Å²) in [7, 11) is 0. The molecule has 21 heavy (non-hydrogen) atoms. The van der Waals surface area contributed by atoms with E-state index in [1.54, 1.807) is 18.2 Å². The highest BCUT2D eigenvalue weighted by Gasteiger charge is 2.11. The average molecular weight is 305 g/mol. The molecular formula is C13H9ClN4O3. The minimum Gasteiger partial charge on any atom is -0.266 e. The van der Waals surface area contributed by atoms with Crippen molar-refractivity contribution in [1.29, 1.82) is 0 Å². The second kappa shape index (κ2) is 6.58. The first-order valence-corrected chi connectivity index (χ1v) is 6.14. The third kappa shape index (κ3) is 3.83. The summed E-state index contributed by atoms with van der Waals surface area (Å²) in [6, 6.07) is 9.10. The van der Waals surface area contributed by atoms with Crippen molar-refractivity contribution < 1.29 is 9.72 Å². The van der Waals surface area contributed by atoms with E-state index in [9.17, 15) is 14.9 Å². The summed E-state index contributed by atoms with van der Waals surface area (Å²) < 4.78 is 0. The van der Waals surface area contributed by atoms with Gasteiger partial charge in [0, 0.05) is 17.8 Å². The SMILES string of the molecule is O=C(NN=Cc1ccc(Cl)c([N+](=O)[O-])c1)c1ccccn1. The number of nitro groups is 1. The van der Waals surface area contributed by atoms with Crippen LogP contribution in [0.2, 0.25) is 5.02 Å². The lowest BCUT2D eigenvalue weighted by molar-refractivity contribution is -0.384. The molecule has 1 aromatic carbocycles. The standard InChI is InChI=1S/C13H9ClN4O3/c14-10-5-4-9(7-12(10)18(20)21)8-16-17-13(19)11-3-1-2-6-15-11/h1-8H,(H,17,19). The highest BCUT2D eigenvalue weighted by atomic mass is 35.5. The molecule has 1 aromatic heterocycles. The van der Waals surface area contributed by atoms with Gasteiger partial charge in [0.25, 0.3) is 11.6 Å². The summed E-state index contributed by atoms with van der Waals surface area (Å²) in [5.41, 5.74) is 2.71. The van der Waals surface area contributed by atoms with E-state index in [0.29, 0.717) is 5.56 Å². The number of hydrazone groups is 1. The summed E-state index contributed by atoms with van der Waals surface area (Å²) >= 11 is 5.69. The molecule has 1 N–H and O–H groups in total. The Labute approximate surface area is 124 Å². The first kappa shape index (κ1) is 14.6. The van der Waals surface area contributed by atoms with Crippen LogP contribution in [0.3, 0.4) is 0 Å². The Morgan fingerprint density at radius 3 is 2.86 bits per heavy atom. The molecule has 0 fully saturated rings. The Kier molecular flexibility index (Phi) is 4.57. The molecule has 2 rings (SSSR count). The van der Waals surface area contributed by atoms with E-state index in [-0.39, 0.29) is 16.4 Å². The van der Waals surface area contributed by atoms with Gasteiger partial charge < -0.3 is 0 Å². The van der Waals surface area contributed by atoms with Gasteiger partial charge in [-0.05, 0) is 18.2 Å². The van der Waals surface area contributed by atoms with Gasteiger partial charge in [-0.25, -0.2) is 5.43 Å². The van der Waals surface area contributed by atoms with Crippen molar-refractivity contribution in [2.24, 2.45) is 5.10 Å². The molecule has 0 aliphatic rings. The van der Waals surface area contributed by atoms with Crippen LogP contribution < -0.4 is 5.43 Å². The summed E-state index contributed by atoms with van der Waals surface area (Å²) in [6.45, 7) is 0. The second-order valence-electron chi connectivity index (χ2n) is 3.88. The molecule has 0 unspecified atom stereocenters. The van der Waals surface area contributed by atoms with E-state index in [1.165, 1.54) is 30.6 Å². The number of hydrogen-bond donors (Lipinski definition) is 1. The molecule has 0 bridgehead atoms. The van der Waals surface area contributed by atoms with Crippen LogP contribution in [-0.4, -0.2) is 22.0 Å². The Bertz CT molecular complexity index is 704. The fourth-order valence-corrected chi connectivity index (χ4v) is 1.66. The van der Waals surface area contributed by atoms with Gasteiger partial charge >= 0.3 is 0 Å². The van der Waals surface area contributed by atoms with Gasteiger partial charge in [-0.2, -0.15) is 5.10 Å². The van der Waals surface area contributed by atoms with E-state index in [1.807, 2.05) is 0 Å². The zero-order valence-corrected chi connectivity index (χ0v) is 11.3. The number of pyridine rings is 1. The Morgan fingerprint density at radius 2 is 2.19 bits per heavy atom. The molecule has 0 radical (unpaired) electrons. The zero-order valence-electron chi connectivity index (χ0n) is 10.6. The number of nitrogens with one attached hydrogen (secondary N) is 1. The lowest BCUT2D eigenvalue weighted by atomic mass is 10.2. The number of rotatable bonds is 4. The maximum atomic E-state index is 11.6. The number of hydrogen-bond acceptors (Lipinski definition) is 5. The van der Waals surface area contributed by atoms with Gasteiger partial charge in [-0.15, -0.1) is 0 Å².